The molecule has 0 amide bonds. The van der Waals surface area contributed by atoms with E-state index in [1.165, 1.54) is 5.39 Å². The molecule has 0 spiro atoms. The van der Waals surface area contributed by atoms with Crippen molar-refractivity contribution in [2.45, 2.75) is 26.2 Å². The molecule has 0 saturated heterocycles. The fraction of sp³-hybridized carbons (Fsp3) is 0.308. The summed E-state index contributed by atoms with van der Waals surface area (Å²) in [5.74, 6) is 0. The summed E-state index contributed by atoms with van der Waals surface area (Å²) in [6.07, 6.45) is 3.27. The highest BCUT2D eigenvalue weighted by atomic mass is 16.1. The van der Waals surface area contributed by atoms with Crippen LogP contribution in [0.1, 0.15) is 25.3 Å². The van der Waals surface area contributed by atoms with Gasteiger partial charge in [-0.3, -0.25) is 4.79 Å². The van der Waals surface area contributed by atoms with E-state index in [-0.39, 0.29) is 5.56 Å². The zero-order chi connectivity index (χ0) is 10.7. The molecular weight excluding hydrogens is 186 g/mol. The number of fused-ring (bicyclic) bond motifs is 1. The number of aromatic amines is 1. The third kappa shape index (κ3) is 2.09. The highest BCUT2D eigenvalue weighted by Gasteiger charge is 2.01. The van der Waals surface area contributed by atoms with Crippen molar-refractivity contribution >= 4 is 10.9 Å². The minimum absolute atomic E-state index is 0.000182. The first-order valence-electron chi connectivity index (χ1n) is 5.42. The number of hydrogen-bond acceptors (Lipinski definition) is 1. The van der Waals surface area contributed by atoms with Gasteiger partial charge in [0.15, 0.2) is 0 Å². The molecular formula is C13H15NO. The standard InChI is InChI=1S/C13H15NO/c1-2-3-6-10-9-13(15)14-12-8-5-4-7-11(10)12/h4-5,7-9H,2-3,6H2,1H3,(H,14,15). The van der Waals surface area contributed by atoms with E-state index in [0.29, 0.717) is 0 Å². The zero-order valence-electron chi connectivity index (χ0n) is 8.92. The maximum absolute atomic E-state index is 11.4. The molecule has 1 heterocycles. The van der Waals surface area contributed by atoms with Crippen LogP contribution in [0, 0.1) is 0 Å². The molecule has 1 N–H and O–H groups in total. The van der Waals surface area contributed by atoms with Crippen molar-refractivity contribution < 1.29 is 0 Å². The molecule has 0 aliphatic rings. The van der Waals surface area contributed by atoms with Gasteiger partial charge in [0.25, 0.3) is 0 Å². The van der Waals surface area contributed by atoms with E-state index in [1.54, 1.807) is 6.07 Å². The second-order valence-corrected chi connectivity index (χ2v) is 3.81. The Morgan fingerprint density at radius 1 is 1.27 bits per heavy atom. The fourth-order valence-electron chi connectivity index (χ4n) is 1.85. The molecule has 78 valence electrons. The number of rotatable bonds is 3. The summed E-state index contributed by atoms with van der Waals surface area (Å²) in [5, 5.41) is 1.17. The number of para-hydroxylation sites is 1. The van der Waals surface area contributed by atoms with Crippen LogP contribution >= 0.6 is 0 Å². The first-order chi connectivity index (χ1) is 7.31. The smallest absolute Gasteiger partial charge is 0.248 e. The van der Waals surface area contributed by atoms with Crippen molar-refractivity contribution in [3.63, 3.8) is 0 Å². The summed E-state index contributed by atoms with van der Waals surface area (Å²) < 4.78 is 0. The normalized spacial score (nSPS) is 10.7. The third-order valence-electron chi connectivity index (χ3n) is 2.64. The lowest BCUT2D eigenvalue weighted by Crippen LogP contribution is -2.06. The summed E-state index contributed by atoms with van der Waals surface area (Å²) in [5.41, 5.74) is 2.10. The fourth-order valence-corrected chi connectivity index (χ4v) is 1.85. The number of aryl methyl sites for hydroxylation is 1. The number of pyridine rings is 1. The molecule has 2 rings (SSSR count). The summed E-state index contributed by atoms with van der Waals surface area (Å²) in [6.45, 7) is 2.16. The average Bonchev–Trinajstić information content (AvgIpc) is 2.25. The second-order valence-electron chi connectivity index (χ2n) is 3.81. The lowest BCUT2D eigenvalue weighted by atomic mass is 10.0. The molecule has 0 fully saturated rings. The Morgan fingerprint density at radius 3 is 2.87 bits per heavy atom. The van der Waals surface area contributed by atoms with Gasteiger partial charge in [0.05, 0.1) is 0 Å². The van der Waals surface area contributed by atoms with Crippen molar-refractivity contribution in [2.75, 3.05) is 0 Å². The van der Waals surface area contributed by atoms with Crippen molar-refractivity contribution in [3.05, 3.63) is 46.2 Å². The molecule has 0 aliphatic carbocycles. The van der Waals surface area contributed by atoms with Gasteiger partial charge in [0, 0.05) is 17.0 Å². The summed E-state index contributed by atoms with van der Waals surface area (Å²) in [6, 6.07) is 9.69. The van der Waals surface area contributed by atoms with Gasteiger partial charge in [-0.2, -0.15) is 0 Å². The number of H-pyrrole nitrogens is 1. The number of nitrogens with one attached hydrogen (secondary N) is 1. The van der Waals surface area contributed by atoms with Gasteiger partial charge >= 0.3 is 0 Å². The number of hydrogen-bond donors (Lipinski definition) is 1. The highest BCUT2D eigenvalue weighted by Crippen LogP contribution is 2.16. The summed E-state index contributed by atoms with van der Waals surface area (Å²) in [4.78, 5) is 14.3. The Labute approximate surface area is 89.0 Å². The van der Waals surface area contributed by atoms with E-state index in [2.05, 4.69) is 18.0 Å². The molecule has 0 radical (unpaired) electrons. The van der Waals surface area contributed by atoms with Crippen LogP contribution in [0.4, 0.5) is 0 Å². The van der Waals surface area contributed by atoms with Crippen LogP contribution < -0.4 is 5.56 Å². The van der Waals surface area contributed by atoms with Crippen LogP contribution in [0.5, 0.6) is 0 Å². The summed E-state index contributed by atoms with van der Waals surface area (Å²) in [7, 11) is 0. The van der Waals surface area contributed by atoms with E-state index < -0.39 is 0 Å². The van der Waals surface area contributed by atoms with Gasteiger partial charge in [-0.15, -0.1) is 0 Å². The zero-order valence-corrected chi connectivity index (χ0v) is 8.92. The molecule has 15 heavy (non-hydrogen) atoms. The van der Waals surface area contributed by atoms with Crippen molar-refractivity contribution in [1.29, 1.82) is 0 Å². The van der Waals surface area contributed by atoms with Crippen LogP contribution in [0.25, 0.3) is 10.9 Å². The van der Waals surface area contributed by atoms with E-state index >= 15 is 0 Å². The maximum Gasteiger partial charge on any atom is 0.248 e. The van der Waals surface area contributed by atoms with Gasteiger partial charge in [-0.05, 0) is 24.5 Å². The number of aromatic nitrogens is 1. The first-order valence-corrected chi connectivity index (χ1v) is 5.42. The Kier molecular flexibility index (Phi) is 2.86. The molecule has 1 aromatic carbocycles. The molecule has 0 atom stereocenters. The Hall–Kier alpha value is -1.57. The van der Waals surface area contributed by atoms with Crippen LogP contribution in [-0.2, 0) is 6.42 Å². The van der Waals surface area contributed by atoms with Crippen LogP contribution in [0.3, 0.4) is 0 Å². The van der Waals surface area contributed by atoms with E-state index in [9.17, 15) is 4.79 Å². The quantitative estimate of drug-likeness (QED) is 0.813. The third-order valence-corrected chi connectivity index (χ3v) is 2.64. The van der Waals surface area contributed by atoms with Crippen molar-refractivity contribution in [1.82, 2.24) is 4.98 Å². The lowest BCUT2D eigenvalue weighted by Gasteiger charge is -2.04. The predicted molar refractivity (Wildman–Crippen MR) is 63.2 cm³/mol. The van der Waals surface area contributed by atoms with Gasteiger partial charge in [-0.25, -0.2) is 0 Å². The lowest BCUT2D eigenvalue weighted by molar-refractivity contribution is 0.797. The van der Waals surface area contributed by atoms with E-state index in [4.69, 9.17) is 0 Å². The molecule has 0 unspecified atom stereocenters. The Bertz CT molecular complexity index is 513. The molecule has 1 aromatic heterocycles. The summed E-state index contributed by atoms with van der Waals surface area (Å²) >= 11 is 0. The SMILES string of the molecule is CCCCc1cc(=O)[nH]c2ccccc12. The molecule has 0 bridgehead atoms. The average molecular weight is 201 g/mol. The highest BCUT2D eigenvalue weighted by molar-refractivity contribution is 5.81. The second kappa shape index (κ2) is 4.30. The monoisotopic (exact) mass is 201 g/mol. The van der Waals surface area contributed by atoms with Gasteiger partial charge in [0.1, 0.15) is 0 Å². The molecule has 2 aromatic rings. The Balaban J connectivity index is 2.55. The van der Waals surface area contributed by atoms with Gasteiger partial charge < -0.3 is 4.98 Å². The number of unbranched alkanes of at least 4 members (excludes halogenated alkanes) is 1. The van der Waals surface area contributed by atoms with Crippen molar-refractivity contribution in [3.8, 4) is 0 Å². The van der Waals surface area contributed by atoms with Gasteiger partial charge in [0.2, 0.25) is 5.56 Å². The topological polar surface area (TPSA) is 32.9 Å². The van der Waals surface area contributed by atoms with Crippen LogP contribution in [0.15, 0.2) is 35.1 Å². The van der Waals surface area contributed by atoms with Crippen LogP contribution in [-0.4, -0.2) is 4.98 Å². The van der Waals surface area contributed by atoms with Gasteiger partial charge in [-0.1, -0.05) is 31.5 Å². The van der Waals surface area contributed by atoms with Crippen molar-refractivity contribution in [2.24, 2.45) is 0 Å². The molecule has 2 heteroatoms. The minimum Gasteiger partial charge on any atom is -0.322 e. The molecule has 0 saturated carbocycles. The van der Waals surface area contributed by atoms with E-state index in [0.717, 1.165) is 30.3 Å². The molecule has 2 nitrogen and oxygen atoms in total. The first kappa shape index (κ1) is 9.97. The Morgan fingerprint density at radius 2 is 2.07 bits per heavy atom. The maximum atomic E-state index is 11.4. The largest absolute Gasteiger partial charge is 0.322 e. The van der Waals surface area contributed by atoms with Crippen LogP contribution in [0.2, 0.25) is 0 Å². The predicted octanol–water partition coefficient (Wildman–Crippen LogP) is 2.87. The minimum atomic E-state index is -0.000182. The van der Waals surface area contributed by atoms with E-state index in [1.807, 2.05) is 18.2 Å². The number of benzene rings is 1. The molecule has 0 aliphatic heterocycles.